The number of aromatic nitrogens is 2. The van der Waals surface area contributed by atoms with E-state index in [0.29, 0.717) is 11.5 Å². The van der Waals surface area contributed by atoms with Gasteiger partial charge in [-0.15, -0.1) is 0 Å². The normalized spacial score (nSPS) is 22.4. The maximum atomic E-state index is 12.4. The van der Waals surface area contributed by atoms with E-state index in [1.54, 1.807) is 18.1 Å². The lowest BCUT2D eigenvalue weighted by Crippen LogP contribution is -2.46. The average Bonchev–Trinajstić information content (AvgIpc) is 2.47. The van der Waals surface area contributed by atoms with E-state index in [0.717, 1.165) is 32.2 Å². The zero-order valence-electron chi connectivity index (χ0n) is 12.0. The van der Waals surface area contributed by atoms with Gasteiger partial charge in [-0.05, 0) is 19.8 Å². The molecule has 1 aliphatic carbocycles. The minimum atomic E-state index is -0.442. The van der Waals surface area contributed by atoms with Gasteiger partial charge in [0.15, 0.2) is 0 Å². The van der Waals surface area contributed by atoms with Crippen LogP contribution in [0.4, 0.5) is 5.82 Å². The Morgan fingerprint density at radius 1 is 1.45 bits per heavy atom. The molecule has 2 unspecified atom stereocenters. The monoisotopic (exact) mass is 278 g/mol. The van der Waals surface area contributed by atoms with E-state index in [1.165, 1.54) is 6.20 Å². The van der Waals surface area contributed by atoms with E-state index in [-0.39, 0.29) is 11.9 Å². The van der Waals surface area contributed by atoms with E-state index in [9.17, 15) is 9.90 Å². The lowest BCUT2D eigenvalue weighted by molar-refractivity contribution is 0.0264. The predicted molar refractivity (Wildman–Crippen MR) is 76.6 cm³/mol. The average molecular weight is 278 g/mol. The number of rotatable bonds is 4. The maximum absolute atomic E-state index is 12.4. The van der Waals surface area contributed by atoms with E-state index in [1.807, 2.05) is 6.92 Å². The molecule has 6 nitrogen and oxygen atoms in total. The summed E-state index contributed by atoms with van der Waals surface area (Å²) in [5, 5.41) is 13.1. The molecule has 1 amide bonds. The zero-order valence-corrected chi connectivity index (χ0v) is 12.0. The lowest BCUT2D eigenvalue weighted by atomic mass is 9.91. The molecular weight excluding hydrogens is 256 g/mol. The van der Waals surface area contributed by atoms with Crippen LogP contribution in [0.1, 0.15) is 43.1 Å². The summed E-state index contributed by atoms with van der Waals surface area (Å²) in [6.07, 6.45) is 6.28. The molecule has 1 fully saturated rings. The molecule has 1 saturated carbocycles. The molecule has 20 heavy (non-hydrogen) atoms. The van der Waals surface area contributed by atoms with Crippen molar-refractivity contribution in [2.75, 3.05) is 18.9 Å². The second-order valence-electron chi connectivity index (χ2n) is 5.16. The van der Waals surface area contributed by atoms with Crippen LogP contribution in [0.15, 0.2) is 12.4 Å². The van der Waals surface area contributed by atoms with E-state index in [4.69, 9.17) is 0 Å². The summed E-state index contributed by atoms with van der Waals surface area (Å²) in [6, 6.07) is -0.124. The molecule has 1 aliphatic rings. The quantitative estimate of drug-likeness (QED) is 0.867. The highest BCUT2D eigenvalue weighted by molar-refractivity contribution is 5.92. The number of hydrogen-bond donors (Lipinski definition) is 2. The molecule has 0 aliphatic heterocycles. The van der Waals surface area contributed by atoms with Crippen molar-refractivity contribution in [1.82, 2.24) is 14.9 Å². The van der Waals surface area contributed by atoms with Crippen molar-refractivity contribution in [2.45, 2.75) is 44.8 Å². The summed E-state index contributed by atoms with van der Waals surface area (Å²) >= 11 is 0. The minimum absolute atomic E-state index is 0.124. The van der Waals surface area contributed by atoms with Crippen LogP contribution in [0.2, 0.25) is 0 Å². The lowest BCUT2D eigenvalue weighted by Gasteiger charge is -2.34. The van der Waals surface area contributed by atoms with E-state index >= 15 is 0 Å². The highest BCUT2D eigenvalue weighted by Crippen LogP contribution is 2.23. The third kappa shape index (κ3) is 3.25. The van der Waals surface area contributed by atoms with Gasteiger partial charge in [-0.25, -0.2) is 4.98 Å². The minimum Gasteiger partial charge on any atom is -0.391 e. The fourth-order valence-corrected chi connectivity index (χ4v) is 2.61. The first-order chi connectivity index (χ1) is 9.63. The summed E-state index contributed by atoms with van der Waals surface area (Å²) < 4.78 is 0. The number of aliphatic hydroxyl groups is 1. The van der Waals surface area contributed by atoms with Gasteiger partial charge in [0.2, 0.25) is 0 Å². The first-order valence-corrected chi connectivity index (χ1v) is 7.14. The van der Waals surface area contributed by atoms with Gasteiger partial charge < -0.3 is 15.3 Å². The predicted octanol–water partition coefficient (Wildman–Crippen LogP) is 1.28. The van der Waals surface area contributed by atoms with Crippen molar-refractivity contribution in [3.8, 4) is 0 Å². The SMILES string of the molecule is CCNc1cncc(C(=O)N(C)C2CCCCC2O)n1. The molecule has 0 aromatic carbocycles. The Labute approximate surface area is 119 Å². The Hall–Kier alpha value is -1.69. The van der Waals surface area contributed by atoms with Gasteiger partial charge in [0.1, 0.15) is 11.5 Å². The van der Waals surface area contributed by atoms with Gasteiger partial charge in [-0.3, -0.25) is 9.78 Å². The molecule has 0 saturated heterocycles. The van der Waals surface area contributed by atoms with Crippen molar-refractivity contribution in [3.63, 3.8) is 0 Å². The van der Waals surface area contributed by atoms with Gasteiger partial charge in [0.25, 0.3) is 5.91 Å². The third-order valence-electron chi connectivity index (χ3n) is 3.72. The van der Waals surface area contributed by atoms with Crippen LogP contribution in [0.25, 0.3) is 0 Å². The van der Waals surface area contributed by atoms with Crippen LogP contribution in [0.3, 0.4) is 0 Å². The number of hydrogen-bond acceptors (Lipinski definition) is 5. The zero-order chi connectivity index (χ0) is 14.5. The number of likely N-dealkylation sites (N-methyl/N-ethyl adjacent to an activating group) is 1. The molecule has 1 heterocycles. The largest absolute Gasteiger partial charge is 0.391 e. The van der Waals surface area contributed by atoms with Crippen LogP contribution in [0.5, 0.6) is 0 Å². The molecule has 2 atom stereocenters. The third-order valence-corrected chi connectivity index (χ3v) is 3.72. The fraction of sp³-hybridized carbons (Fsp3) is 0.643. The van der Waals surface area contributed by atoms with Crippen LogP contribution >= 0.6 is 0 Å². The number of amides is 1. The molecular formula is C14H22N4O2. The second-order valence-corrected chi connectivity index (χ2v) is 5.16. The number of anilines is 1. The highest BCUT2D eigenvalue weighted by atomic mass is 16.3. The molecule has 1 aromatic heterocycles. The molecule has 0 spiro atoms. The standard InChI is InChI=1S/C14H22N4O2/c1-3-16-13-9-15-8-10(17-13)14(20)18(2)11-6-4-5-7-12(11)19/h8-9,11-12,19H,3-7H2,1-2H3,(H,16,17). The van der Waals surface area contributed by atoms with Crippen LogP contribution < -0.4 is 5.32 Å². The van der Waals surface area contributed by atoms with Gasteiger partial charge in [-0.2, -0.15) is 0 Å². The van der Waals surface area contributed by atoms with Crippen molar-refractivity contribution in [3.05, 3.63) is 18.1 Å². The molecule has 0 bridgehead atoms. The van der Waals surface area contributed by atoms with Gasteiger partial charge in [-0.1, -0.05) is 12.8 Å². The summed E-state index contributed by atoms with van der Waals surface area (Å²) in [7, 11) is 1.73. The fourth-order valence-electron chi connectivity index (χ4n) is 2.61. The molecule has 6 heteroatoms. The second kappa shape index (κ2) is 6.65. The molecule has 110 valence electrons. The Kier molecular flexibility index (Phi) is 4.89. The molecule has 2 N–H and O–H groups in total. The van der Waals surface area contributed by atoms with Gasteiger partial charge in [0.05, 0.1) is 24.5 Å². The van der Waals surface area contributed by atoms with Crippen molar-refractivity contribution in [2.24, 2.45) is 0 Å². The maximum Gasteiger partial charge on any atom is 0.274 e. The van der Waals surface area contributed by atoms with Crippen molar-refractivity contribution in [1.29, 1.82) is 0 Å². The van der Waals surface area contributed by atoms with Gasteiger partial charge >= 0.3 is 0 Å². The van der Waals surface area contributed by atoms with Crippen LogP contribution in [0, 0.1) is 0 Å². The number of nitrogens with zero attached hydrogens (tertiary/aromatic N) is 3. The number of nitrogens with one attached hydrogen (secondary N) is 1. The topological polar surface area (TPSA) is 78.4 Å². The Morgan fingerprint density at radius 3 is 2.90 bits per heavy atom. The Morgan fingerprint density at radius 2 is 2.20 bits per heavy atom. The summed E-state index contributed by atoms with van der Waals surface area (Å²) in [6.45, 7) is 2.68. The first-order valence-electron chi connectivity index (χ1n) is 7.14. The number of carbonyl (C=O) groups excluding carboxylic acids is 1. The molecule has 0 radical (unpaired) electrons. The van der Waals surface area contributed by atoms with Crippen LogP contribution in [-0.2, 0) is 0 Å². The molecule has 1 aromatic rings. The summed E-state index contributed by atoms with van der Waals surface area (Å²) in [5.41, 5.74) is 0.309. The van der Waals surface area contributed by atoms with Crippen molar-refractivity contribution >= 4 is 11.7 Å². The summed E-state index contributed by atoms with van der Waals surface area (Å²) in [5.74, 6) is 0.402. The first kappa shape index (κ1) is 14.7. The van der Waals surface area contributed by atoms with Gasteiger partial charge in [0, 0.05) is 13.6 Å². The number of aliphatic hydroxyl groups excluding tert-OH is 1. The summed E-state index contributed by atoms with van der Waals surface area (Å²) in [4.78, 5) is 22.3. The van der Waals surface area contributed by atoms with Crippen LogP contribution in [-0.4, -0.2) is 51.6 Å². The number of carbonyl (C=O) groups is 1. The molecule has 2 rings (SSSR count). The highest BCUT2D eigenvalue weighted by Gasteiger charge is 2.30. The smallest absolute Gasteiger partial charge is 0.274 e. The Bertz CT molecular complexity index is 466. The van der Waals surface area contributed by atoms with E-state index < -0.39 is 6.10 Å². The Balaban J connectivity index is 2.11. The van der Waals surface area contributed by atoms with Crippen molar-refractivity contribution < 1.29 is 9.90 Å². The van der Waals surface area contributed by atoms with E-state index in [2.05, 4.69) is 15.3 Å².